The van der Waals surface area contributed by atoms with Crippen LogP contribution in [0.15, 0.2) is 103 Å². The number of carbonyl (C=O) groups excluding carboxylic acids is 4. The summed E-state index contributed by atoms with van der Waals surface area (Å²) in [6, 6.07) is 16.4. The molecule has 2 bridgehead atoms. The number of aliphatic carboxylic acids is 1. The predicted molar refractivity (Wildman–Crippen MR) is 196 cm³/mol. The fourth-order valence-corrected chi connectivity index (χ4v) is 6.13. The van der Waals surface area contributed by atoms with E-state index >= 15 is 0 Å². The zero-order valence-electron chi connectivity index (χ0n) is 30.5. The molecule has 4 atom stereocenters. The van der Waals surface area contributed by atoms with E-state index in [4.69, 9.17) is 4.74 Å². The van der Waals surface area contributed by atoms with E-state index in [-0.39, 0.29) is 42.6 Å². The number of fused-ring (bicyclic) bond motifs is 16. The second-order valence-electron chi connectivity index (χ2n) is 13.6. The molecule has 6 rings (SSSR count). The molecule has 0 aromatic heterocycles. The number of hydrogen-bond acceptors (Lipinski definition) is 6. The molecule has 2 heterocycles. The molecule has 17 heteroatoms. The first-order chi connectivity index (χ1) is 27.4. The number of amides is 4. The van der Waals surface area contributed by atoms with Gasteiger partial charge in [-0.15, -0.1) is 0 Å². The van der Waals surface area contributed by atoms with Crippen LogP contribution in [0.4, 0.5) is 26.3 Å². The average Bonchev–Trinajstić information content (AvgIpc) is 3.18. The van der Waals surface area contributed by atoms with Crippen LogP contribution in [0.25, 0.3) is 0 Å². The number of alkyl halides is 6. The Kier molecular flexibility index (Phi) is 13.8. The summed E-state index contributed by atoms with van der Waals surface area (Å²) in [6.07, 6.45) is -10.1. The molecule has 306 valence electrons. The molecular weight excluding hydrogens is 774 g/mol. The SMILES string of the molecule is O=C1COc2ccc(cc2)C[C@H](C(=O)O)NC(=O)[C@@H](CCc2ccccc2)NC(=O)[C@H](Cc2ccc(C(F)(F)F)cc2)NC(=O)[C@@H](Cc2ccc(C(F)(F)F)cc2)N1. The van der Waals surface area contributed by atoms with Gasteiger partial charge in [0.1, 0.15) is 29.9 Å². The van der Waals surface area contributed by atoms with Crippen molar-refractivity contribution < 1.29 is 60.2 Å². The zero-order valence-corrected chi connectivity index (χ0v) is 30.5. The summed E-state index contributed by atoms with van der Waals surface area (Å²) in [5.41, 5.74) is -0.350. The number of ether oxygens (including phenoxy) is 1. The third kappa shape index (κ3) is 12.3. The first-order valence-corrected chi connectivity index (χ1v) is 18.0. The van der Waals surface area contributed by atoms with Crippen molar-refractivity contribution in [3.8, 4) is 5.75 Å². The van der Waals surface area contributed by atoms with Gasteiger partial charge in [-0.2, -0.15) is 26.3 Å². The molecule has 0 fully saturated rings. The summed E-state index contributed by atoms with van der Waals surface area (Å²) >= 11 is 0. The topological polar surface area (TPSA) is 163 Å². The van der Waals surface area contributed by atoms with Crippen LogP contribution in [0.2, 0.25) is 0 Å². The third-order valence-corrected chi connectivity index (χ3v) is 9.27. The van der Waals surface area contributed by atoms with E-state index in [1.165, 1.54) is 24.3 Å². The zero-order chi connectivity index (χ0) is 42.0. The molecule has 0 saturated carbocycles. The van der Waals surface area contributed by atoms with E-state index in [0.717, 1.165) is 54.1 Å². The van der Waals surface area contributed by atoms with Crippen molar-refractivity contribution in [1.82, 2.24) is 21.3 Å². The largest absolute Gasteiger partial charge is 0.484 e. The Morgan fingerprint density at radius 2 is 1.09 bits per heavy atom. The van der Waals surface area contributed by atoms with E-state index in [0.29, 0.717) is 5.56 Å². The van der Waals surface area contributed by atoms with Gasteiger partial charge in [0.05, 0.1) is 11.1 Å². The van der Waals surface area contributed by atoms with Crippen molar-refractivity contribution in [2.75, 3.05) is 6.61 Å². The molecule has 4 aromatic rings. The van der Waals surface area contributed by atoms with Crippen LogP contribution in [0.1, 0.15) is 39.8 Å². The molecule has 11 nitrogen and oxygen atoms in total. The Hall–Kier alpha value is -6.39. The Bertz CT molecular complexity index is 2060. The van der Waals surface area contributed by atoms with Crippen molar-refractivity contribution in [2.45, 2.75) is 68.6 Å². The molecule has 0 unspecified atom stereocenters. The number of carboxylic acids is 1. The van der Waals surface area contributed by atoms with Crippen LogP contribution in [-0.4, -0.2) is 65.5 Å². The molecule has 0 aliphatic carbocycles. The quantitative estimate of drug-likeness (QED) is 0.126. The van der Waals surface area contributed by atoms with Crippen molar-refractivity contribution in [3.63, 3.8) is 0 Å². The van der Waals surface area contributed by atoms with E-state index in [1.54, 1.807) is 30.3 Å². The maximum Gasteiger partial charge on any atom is 0.416 e. The molecule has 0 spiro atoms. The number of carboxylic acid groups (broad SMARTS) is 1. The lowest BCUT2D eigenvalue weighted by Gasteiger charge is -2.26. The minimum Gasteiger partial charge on any atom is -0.484 e. The lowest BCUT2D eigenvalue weighted by molar-refractivity contribution is -0.142. The summed E-state index contributed by atoms with van der Waals surface area (Å²) in [7, 11) is 0. The average molecular weight is 813 g/mol. The minimum atomic E-state index is -4.67. The van der Waals surface area contributed by atoms with E-state index in [1.807, 2.05) is 0 Å². The fourth-order valence-electron chi connectivity index (χ4n) is 6.13. The van der Waals surface area contributed by atoms with Crippen molar-refractivity contribution in [1.29, 1.82) is 0 Å². The predicted octanol–water partition coefficient (Wildman–Crippen LogP) is 4.80. The molecular formula is C41H38F6N4O7. The van der Waals surface area contributed by atoms with Crippen LogP contribution in [0.3, 0.4) is 0 Å². The maximum absolute atomic E-state index is 14.1. The number of rotatable bonds is 8. The van der Waals surface area contributed by atoms with Gasteiger partial charge in [0, 0.05) is 19.3 Å². The van der Waals surface area contributed by atoms with Crippen LogP contribution >= 0.6 is 0 Å². The highest BCUT2D eigenvalue weighted by Gasteiger charge is 2.34. The van der Waals surface area contributed by atoms with Crippen LogP contribution in [0.5, 0.6) is 5.75 Å². The number of nitrogens with one attached hydrogen (secondary N) is 4. The molecule has 2 aliphatic rings. The van der Waals surface area contributed by atoms with Gasteiger partial charge in [-0.3, -0.25) is 19.2 Å². The van der Waals surface area contributed by atoms with Crippen LogP contribution in [-0.2, 0) is 62.0 Å². The number of halogens is 6. The lowest BCUT2D eigenvalue weighted by atomic mass is 9.99. The first kappa shape index (κ1) is 42.7. The van der Waals surface area contributed by atoms with Gasteiger partial charge in [0.25, 0.3) is 5.91 Å². The standard InChI is InChI=1S/C41H38F6N4O7/c42-40(43,44)28-13-6-25(7-14-28)20-32-37(54)50-33(21-26-8-15-29(16-9-26)41(45,46)47)38(55)49-31(19-12-24-4-2-1-3-5-24)36(53)51-34(39(56)57)22-27-10-17-30(18-11-27)58-23-35(52)48-32/h1-11,13-18,31-34H,12,19-23H2,(H,48,52)(H,49,55)(H,50,54)(H,51,53)(H,56,57)/t31-,32-,33+,34-/m1/s1. The van der Waals surface area contributed by atoms with Crippen LogP contribution < -0.4 is 26.0 Å². The van der Waals surface area contributed by atoms with Crippen LogP contribution in [0, 0.1) is 0 Å². The Morgan fingerprint density at radius 3 is 1.59 bits per heavy atom. The minimum absolute atomic E-state index is 0.0481. The van der Waals surface area contributed by atoms with Gasteiger partial charge in [-0.05, 0) is 71.5 Å². The summed E-state index contributed by atoms with van der Waals surface area (Å²) in [4.78, 5) is 67.4. The van der Waals surface area contributed by atoms with E-state index in [2.05, 4.69) is 21.3 Å². The van der Waals surface area contributed by atoms with Gasteiger partial charge >= 0.3 is 18.3 Å². The first-order valence-electron chi connectivity index (χ1n) is 18.0. The third-order valence-electron chi connectivity index (χ3n) is 9.27. The number of hydrogen-bond donors (Lipinski definition) is 5. The lowest BCUT2D eigenvalue weighted by Crippen LogP contribution is -2.59. The number of carbonyl (C=O) groups is 5. The highest BCUT2D eigenvalue weighted by molar-refractivity contribution is 5.95. The molecule has 4 aromatic carbocycles. The van der Waals surface area contributed by atoms with E-state index < -0.39 is 90.3 Å². The number of benzene rings is 4. The number of aryl methyl sites for hydroxylation is 1. The monoisotopic (exact) mass is 812 g/mol. The molecule has 2 aliphatic heterocycles. The molecule has 5 N–H and O–H groups in total. The Labute approximate surface area is 328 Å². The second kappa shape index (κ2) is 18.7. The van der Waals surface area contributed by atoms with Gasteiger partial charge in [-0.25, -0.2) is 4.79 Å². The van der Waals surface area contributed by atoms with Gasteiger partial charge in [-0.1, -0.05) is 66.7 Å². The smallest absolute Gasteiger partial charge is 0.416 e. The van der Waals surface area contributed by atoms with Gasteiger partial charge in [0.2, 0.25) is 17.7 Å². The maximum atomic E-state index is 14.1. The summed E-state index contributed by atoms with van der Waals surface area (Å²) in [5.74, 6) is -4.89. The van der Waals surface area contributed by atoms with Crippen molar-refractivity contribution in [3.05, 3.63) is 137 Å². The highest BCUT2D eigenvalue weighted by Crippen LogP contribution is 2.30. The fraction of sp³-hybridized carbons (Fsp3) is 0.293. The normalized spacial score (nSPS) is 20.0. The summed E-state index contributed by atoms with van der Waals surface area (Å²) in [5, 5.41) is 20.0. The molecule has 0 radical (unpaired) electrons. The summed E-state index contributed by atoms with van der Waals surface area (Å²) < 4.78 is 85.5. The highest BCUT2D eigenvalue weighted by atomic mass is 19.4. The Balaban J connectivity index is 1.51. The summed E-state index contributed by atoms with van der Waals surface area (Å²) in [6.45, 7) is -0.636. The molecule has 58 heavy (non-hydrogen) atoms. The second-order valence-corrected chi connectivity index (χ2v) is 13.6. The van der Waals surface area contributed by atoms with Gasteiger partial charge < -0.3 is 31.1 Å². The molecule has 0 saturated heterocycles. The van der Waals surface area contributed by atoms with E-state index in [9.17, 15) is 55.4 Å². The molecule has 4 amide bonds. The van der Waals surface area contributed by atoms with Crippen molar-refractivity contribution >= 4 is 29.6 Å². The van der Waals surface area contributed by atoms with Crippen molar-refractivity contribution in [2.24, 2.45) is 0 Å². The van der Waals surface area contributed by atoms with Gasteiger partial charge in [0.15, 0.2) is 6.61 Å². The Morgan fingerprint density at radius 1 is 0.603 bits per heavy atom.